The molecule has 0 aliphatic rings. The van der Waals surface area contributed by atoms with Crippen LogP contribution < -0.4 is 5.43 Å². The maximum atomic E-state index is 4.64. The van der Waals surface area contributed by atoms with Crippen LogP contribution in [0, 0.1) is 5.92 Å². The van der Waals surface area contributed by atoms with Gasteiger partial charge in [-0.05, 0) is 35.2 Å². The van der Waals surface area contributed by atoms with E-state index >= 15 is 0 Å². The van der Waals surface area contributed by atoms with Crippen LogP contribution in [0.5, 0.6) is 0 Å². The molecule has 0 spiro atoms. The van der Waals surface area contributed by atoms with Gasteiger partial charge in [-0.25, -0.2) is 0 Å². The summed E-state index contributed by atoms with van der Waals surface area (Å²) in [6.07, 6.45) is 6.64. The molecule has 134 valence electrons. The van der Waals surface area contributed by atoms with Gasteiger partial charge >= 0.3 is 0 Å². The third-order valence-corrected chi connectivity index (χ3v) is 4.53. The molecule has 3 aromatic rings. The minimum absolute atomic E-state index is 0.200. The highest BCUT2D eigenvalue weighted by atomic mass is 15.3. The number of H-pyrrole nitrogens is 1. The highest BCUT2D eigenvalue weighted by molar-refractivity contribution is 6.05. The molecule has 0 amide bonds. The van der Waals surface area contributed by atoms with Crippen molar-refractivity contribution in [2.24, 2.45) is 11.0 Å². The molecule has 4 heteroatoms. The Bertz CT molecular complexity index is 835. The average molecular weight is 346 g/mol. The molecule has 0 bridgehead atoms. The number of aromatic amines is 1. The lowest BCUT2D eigenvalue weighted by atomic mass is 9.82. The number of rotatable bonds is 7. The topological polar surface area (TPSA) is 53.1 Å². The highest BCUT2D eigenvalue weighted by Crippen LogP contribution is 2.29. The van der Waals surface area contributed by atoms with Gasteiger partial charge in [0.1, 0.15) is 0 Å². The van der Waals surface area contributed by atoms with Crippen LogP contribution in [-0.2, 0) is 6.42 Å². The van der Waals surface area contributed by atoms with Crippen LogP contribution in [0.4, 0.5) is 0 Å². The van der Waals surface area contributed by atoms with Gasteiger partial charge in [0.05, 0.1) is 5.71 Å². The molecular formula is C22H26N4. The van der Waals surface area contributed by atoms with Crippen molar-refractivity contribution in [2.45, 2.75) is 26.2 Å². The van der Waals surface area contributed by atoms with E-state index < -0.39 is 0 Å². The van der Waals surface area contributed by atoms with E-state index in [0.717, 1.165) is 17.7 Å². The number of aromatic nitrogens is 2. The first-order valence-electron chi connectivity index (χ1n) is 9.05. The van der Waals surface area contributed by atoms with Gasteiger partial charge in [-0.1, -0.05) is 44.2 Å². The molecule has 1 unspecified atom stereocenters. The Labute approximate surface area is 155 Å². The van der Waals surface area contributed by atoms with Gasteiger partial charge in [0.2, 0.25) is 0 Å². The fraction of sp³-hybridized carbons (Fsp3) is 0.273. The fourth-order valence-electron chi connectivity index (χ4n) is 3.37. The molecule has 1 atom stereocenters. The van der Waals surface area contributed by atoms with E-state index in [0.29, 0.717) is 5.92 Å². The summed E-state index contributed by atoms with van der Waals surface area (Å²) in [7, 11) is 1.85. The lowest BCUT2D eigenvalue weighted by Gasteiger charge is -2.23. The Kier molecular flexibility index (Phi) is 5.84. The molecule has 0 saturated heterocycles. The van der Waals surface area contributed by atoms with Crippen LogP contribution in [0.3, 0.4) is 0 Å². The Balaban J connectivity index is 1.91. The summed E-state index contributed by atoms with van der Waals surface area (Å²) >= 11 is 0. The molecule has 0 aliphatic carbocycles. The minimum atomic E-state index is 0.200. The highest BCUT2D eigenvalue weighted by Gasteiger charge is 2.24. The van der Waals surface area contributed by atoms with Gasteiger partial charge < -0.3 is 10.4 Å². The van der Waals surface area contributed by atoms with E-state index in [1.165, 1.54) is 16.8 Å². The summed E-state index contributed by atoms with van der Waals surface area (Å²) < 4.78 is 0. The molecule has 2 aromatic heterocycles. The van der Waals surface area contributed by atoms with Gasteiger partial charge in [-0.15, -0.1) is 0 Å². The third-order valence-electron chi connectivity index (χ3n) is 4.53. The Morgan fingerprint density at radius 3 is 2.50 bits per heavy atom. The monoisotopic (exact) mass is 346 g/mol. The summed E-state index contributed by atoms with van der Waals surface area (Å²) in [5.41, 5.74) is 8.87. The number of nitrogens with one attached hydrogen (secondary N) is 2. The van der Waals surface area contributed by atoms with Crippen LogP contribution in [-0.4, -0.2) is 22.7 Å². The SMILES string of the molecule is CN/N=C(/c1c[nH]c(Cc2ccccc2)c1)C(c1ccncc1)C(C)C. The predicted octanol–water partition coefficient (Wildman–Crippen LogP) is 4.36. The van der Waals surface area contributed by atoms with Crippen molar-refractivity contribution in [3.05, 3.63) is 89.5 Å². The zero-order valence-electron chi connectivity index (χ0n) is 15.6. The van der Waals surface area contributed by atoms with Crippen molar-refractivity contribution >= 4 is 5.71 Å². The largest absolute Gasteiger partial charge is 0.364 e. The minimum Gasteiger partial charge on any atom is -0.364 e. The van der Waals surface area contributed by atoms with Crippen molar-refractivity contribution in [1.29, 1.82) is 0 Å². The van der Waals surface area contributed by atoms with Crippen LogP contribution in [0.15, 0.2) is 72.2 Å². The second-order valence-corrected chi connectivity index (χ2v) is 6.80. The predicted molar refractivity (Wildman–Crippen MR) is 107 cm³/mol. The number of nitrogens with zero attached hydrogens (tertiary/aromatic N) is 2. The van der Waals surface area contributed by atoms with E-state index in [9.17, 15) is 0 Å². The number of hydrogen-bond acceptors (Lipinski definition) is 3. The lowest BCUT2D eigenvalue weighted by molar-refractivity contribution is 0.598. The van der Waals surface area contributed by atoms with Crippen molar-refractivity contribution in [3.8, 4) is 0 Å². The number of pyridine rings is 1. The molecule has 0 fully saturated rings. The molecule has 0 saturated carbocycles. The second kappa shape index (κ2) is 8.48. The zero-order chi connectivity index (χ0) is 18.4. The zero-order valence-corrected chi connectivity index (χ0v) is 15.6. The summed E-state index contributed by atoms with van der Waals surface area (Å²) in [6, 6.07) is 16.9. The molecule has 1 aromatic carbocycles. The Morgan fingerprint density at radius 2 is 1.85 bits per heavy atom. The van der Waals surface area contributed by atoms with E-state index in [2.05, 4.69) is 83.0 Å². The van der Waals surface area contributed by atoms with E-state index in [1.807, 2.05) is 25.5 Å². The van der Waals surface area contributed by atoms with Gasteiger partial charge in [-0.3, -0.25) is 4.98 Å². The molecule has 0 aliphatic heterocycles. The summed E-state index contributed by atoms with van der Waals surface area (Å²) in [5.74, 6) is 0.614. The van der Waals surface area contributed by atoms with Crippen molar-refractivity contribution in [2.75, 3.05) is 7.05 Å². The van der Waals surface area contributed by atoms with Gasteiger partial charge in [0, 0.05) is 49.2 Å². The summed E-state index contributed by atoms with van der Waals surface area (Å²) in [6.45, 7) is 4.46. The van der Waals surface area contributed by atoms with Gasteiger partial charge in [0.25, 0.3) is 0 Å². The van der Waals surface area contributed by atoms with E-state index in [1.54, 1.807) is 0 Å². The molecule has 0 radical (unpaired) electrons. The van der Waals surface area contributed by atoms with Gasteiger partial charge in [0.15, 0.2) is 0 Å². The van der Waals surface area contributed by atoms with Crippen molar-refractivity contribution < 1.29 is 0 Å². The third kappa shape index (κ3) is 4.20. The maximum Gasteiger partial charge on any atom is 0.0767 e. The Morgan fingerprint density at radius 1 is 1.12 bits per heavy atom. The van der Waals surface area contributed by atoms with Crippen LogP contribution >= 0.6 is 0 Å². The fourth-order valence-corrected chi connectivity index (χ4v) is 3.37. The second-order valence-electron chi connectivity index (χ2n) is 6.80. The molecule has 26 heavy (non-hydrogen) atoms. The van der Waals surface area contributed by atoms with E-state index in [4.69, 9.17) is 0 Å². The first kappa shape index (κ1) is 17.9. The molecular weight excluding hydrogens is 320 g/mol. The normalized spacial score (nSPS) is 13.0. The van der Waals surface area contributed by atoms with E-state index in [-0.39, 0.29) is 5.92 Å². The molecule has 2 heterocycles. The standard InChI is InChI=1S/C22H26N4/c1-16(2)21(18-9-11-24-12-10-18)22(26-23-3)19-14-20(25-15-19)13-17-7-5-4-6-8-17/h4-12,14-16,21,23,25H,13H2,1-3H3/b26-22-. The lowest BCUT2D eigenvalue weighted by Crippen LogP contribution is -2.21. The molecule has 4 nitrogen and oxygen atoms in total. The van der Waals surface area contributed by atoms with Crippen LogP contribution in [0.1, 0.15) is 42.1 Å². The van der Waals surface area contributed by atoms with Crippen LogP contribution in [0.25, 0.3) is 0 Å². The Hall–Kier alpha value is -2.88. The molecule has 2 N–H and O–H groups in total. The summed E-state index contributed by atoms with van der Waals surface area (Å²) in [4.78, 5) is 7.57. The van der Waals surface area contributed by atoms with Gasteiger partial charge in [-0.2, -0.15) is 5.10 Å². The molecule has 3 rings (SSSR count). The number of hydrazone groups is 1. The van der Waals surface area contributed by atoms with Crippen molar-refractivity contribution in [1.82, 2.24) is 15.4 Å². The number of benzene rings is 1. The van der Waals surface area contributed by atoms with Crippen LogP contribution in [0.2, 0.25) is 0 Å². The quantitative estimate of drug-likeness (QED) is 0.493. The first-order valence-corrected chi connectivity index (χ1v) is 9.05. The maximum absolute atomic E-state index is 4.64. The summed E-state index contributed by atoms with van der Waals surface area (Å²) in [5, 5.41) is 4.64. The smallest absolute Gasteiger partial charge is 0.0767 e. The first-order chi connectivity index (χ1) is 12.7. The number of hydrogen-bond donors (Lipinski definition) is 2. The van der Waals surface area contributed by atoms with Crippen molar-refractivity contribution in [3.63, 3.8) is 0 Å². The average Bonchev–Trinajstić information content (AvgIpc) is 3.11.